The molecule has 5 heteroatoms. The Hall–Kier alpha value is -1.02. The van der Waals surface area contributed by atoms with Crippen molar-refractivity contribution in [2.45, 2.75) is 45.3 Å². The predicted molar refractivity (Wildman–Crippen MR) is 77.5 cm³/mol. The summed E-state index contributed by atoms with van der Waals surface area (Å²) in [6, 6.07) is 3.59. The molecule has 0 radical (unpaired) electrons. The van der Waals surface area contributed by atoms with Gasteiger partial charge in [0, 0.05) is 0 Å². The molecule has 19 heavy (non-hydrogen) atoms. The van der Waals surface area contributed by atoms with E-state index in [4.69, 9.17) is 27.3 Å². The van der Waals surface area contributed by atoms with Crippen LogP contribution >= 0.6 is 11.6 Å². The first-order valence-corrected chi connectivity index (χ1v) is 6.59. The second kappa shape index (κ2) is 4.83. The van der Waals surface area contributed by atoms with Crippen molar-refractivity contribution >= 4 is 24.3 Å². The Morgan fingerprint density at radius 3 is 2.37 bits per heavy atom. The van der Waals surface area contributed by atoms with Crippen LogP contribution in [0.5, 0.6) is 0 Å². The number of halogens is 1. The molecule has 0 amide bonds. The Morgan fingerprint density at radius 1 is 1.26 bits per heavy atom. The van der Waals surface area contributed by atoms with Gasteiger partial charge in [-0.05, 0) is 39.8 Å². The number of rotatable bonds is 2. The predicted octanol–water partition coefficient (Wildman–Crippen LogP) is 2.21. The van der Waals surface area contributed by atoms with Crippen molar-refractivity contribution in [3.05, 3.63) is 22.8 Å². The van der Waals surface area contributed by atoms with Crippen LogP contribution in [0.25, 0.3) is 0 Å². The number of hydrogen-bond acceptors (Lipinski definition) is 3. The van der Waals surface area contributed by atoms with Gasteiger partial charge in [-0.1, -0.05) is 11.6 Å². The topological polar surface area (TPSA) is 31.4 Å². The van der Waals surface area contributed by atoms with E-state index in [2.05, 4.69) is 10.9 Å². The van der Waals surface area contributed by atoms with E-state index in [0.29, 0.717) is 22.7 Å². The highest BCUT2D eigenvalue weighted by Crippen LogP contribution is 2.36. The maximum atomic E-state index is 6.05. The summed E-state index contributed by atoms with van der Waals surface area (Å²) in [6.07, 6.45) is 5.70. The molecule has 1 aromatic rings. The second-order valence-electron chi connectivity index (χ2n) is 5.63. The minimum atomic E-state index is -0.487. The average Bonchev–Trinajstić information content (AvgIpc) is 2.51. The Labute approximate surface area is 119 Å². The van der Waals surface area contributed by atoms with E-state index >= 15 is 0 Å². The van der Waals surface area contributed by atoms with E-state index in [1.54, 1.807) is 6.07 Å². The van der Waals surface area contributed by atoms with E-state index < -0.39 is 7.12 Å². The molecular weight excluding hydrogens is 260 g/mol. The zero-order valence-corrected chi connectivity index (χ0v) is 12.4. The van der Waals surface area contributed by atoms with E-state index in [0.717, 1.165) is 0 Å². The first-order chi connectivity index (χ1) is 8.77. The maximum absolute atomic E-state index is 6.05. The van der Waals surface area contributed by atoms with Gasteiger partial charge in [0.2, 0.25) is 0 Å². The number of pyridine rings is 1. The third-order valence-corrected chi connectivity index (χ3v) is 4.05. The molecule has 100 valence electrons. The molecule has 0 aromatic carbocycles. The molecule has 1 aliphatic heterocycles. The van der Waals surface area contributed by atoms with Gasteiger partial charge < -0.3 is 9.31 Å². The molecule has 1 aliphatic rings. The van der Waals surface area contributed by atoms with Crippen LogP contribution in [0.2, 0.25) is 5.02 Å². The van der Waals surface area contributed by atoms with Crippen molar-refractivity contribution < 1.29 is 9.31 Å². The maximum Gasteiger partial charge on any atom is 0.514 e. The number of hydrogen-bond donors (Lipinski definition) is 0. The summed E-state index contributed by atoms with van der Waals surface area (Å²) < 4.78 is 11.9. The molecule has 0 unspecified atom stereocenters. The van der Waals surface area contributed by atoms with Crippen molar-refractivity contribution in [3.63, 3.8) is 0 Å². The summed E-state index contributed by atoms with van der Waals surface area (Å²) in [6.45, 7) is 8.02. The molecule has 0 saturated carbocycles. The van der Waals surface area contributed by atoms with Gasteiger partial charge in [-0.25, -0.2) is 0 Å². The molecule has 1 aromatic heterocycles. The van der Waals surface area contributed by atoms with E-state index in [-0.39, 0.29) is 11.2 Å². The van der Waals surface area contributed by atoms with Crippen molar-refractivity contribution in [2.75, 3.05) is 0 Å². The monoisotopic (exact) mass is 277 g/mol. The van der Waals surface area contributed by atoms with Crippen LogP contribution in [-0.4, -0.2) is 23.3 Å². The van der Waals surface area contributed by atoms with Gasteiger partial charge in [0.25, 0.3) is 0 Å². The van der Waals surface area contributed by atoms with E-state index in [1.165, 1.54) is 0 Å². The Kier molecular flexibility index (Phi) is 3.66. The SMILES string of the molecule is C#CCc1nc(B2OC(C)(C)C(C)(C)O2)ccc1Cl. The van der Waals surface area contributed by atoms with Crippen molar-refractivity contribution in [2.24, 2.45) is 0 Å². The number of nitrogens with zero attached hydrogens (tertiary/aromatic N) is 1. The molecule has 2 heterocycles. The van der Waals surface area contributed by atoms with Gasteiger partial charge in [-0.3, -0.25) is 4.98 Å². The first-order valence-electron chi connectivity index (χ1n) is 6.21. The van der Waals surface area contributed by atoms with Crippen LogP contribution in [0.4, 0.5) is 0 Å². The van der Waals surface area contributed by atoms with Crippen molar-refractivity contribution in [3.8, 4) is 12.3 Å². The minimum absolute atomic E-state index is 0.384. The second-order valence-corrected chi connectivity index (χ2v) is 6.04. The van der Waals surface area contributed by atoms with Gasteiger partial charge in [-0.2, -0.15) is 0 Å². The summed E-state index contributed by atoms with van der Waals surface area (Å²) >= 11 is 6.05. The largest absolute Gasteiger partial charge is 0.514 e. The lowest BCUT2D eigenvalue weighted by molar-refractivity contribution is 0.00578. The summed E-state index contributed by atoms with van der Waals surface area (Å²) in [4.78, 5) is 4.45. The molecule has 1 saturated heterocycles. The molecule has 0 N–H and O–H groups in total. The zero-order chi connectivity index (χ0) is 14.3. The van der Waals surface area contributed by atoms with Crippen molar-refractivity contribution in [1.82, 2.24) is 4.98 Å². The Balaban J connectivity index is 2.30. The third kappa shape index (κ3) is 2.64. The van der Waals surface area contributed by atoms with E-state index in [1.807, 2.05) is 33.8 Å². The highest BCUT2D eigenvalue weighted by molar-refractivity contribution is 6.61. The van der Waals surface area contributed by atoms with Gasteiger partial charge in [0.05, 0.1) is 33.9 Å². The number of aromatic nitrogens is 1. The zero-order valence-electron chi connectivity index (χ0n) is 11.7. The average molecular weight is 278 g/mol. The van der Waals surface area contributed by atoms with Crippen LogP contribution < -0.4 is 5.59 Å². The Bertz CT molecular complexity index is 521. The third-order valence-electron chi connectivity index (χ3n) is 3.70. The fraction of sp³-hybridized carbons (Fsp3) is 0.500. The van der Waals surface area contributed by atoms with Crippen LogP contribution in [0, 0.1) is 12.3 Å². The lowest BCUT2D eigenvalue weighted by atomic mass is 9.84. The normalized spacial score (nSPS) is 20.3. The van der Waals surface area contributed by atoms with Gasteiger partial charge in [0.1, 0.15) is 0 Å². The van der Waals surface area contributed by atoms with Gasteiger partial charge >= 0.3 is 7.12 Å². The summed E-state index contributed by atoms with van der Waals surface area (Å²) in [7, 11) is -0.487. The van der Waals surface area contributed by atoms with Crippen LogP contribution in [0.3, 0.4) is 0 Å². The molecule has 0 aliphatic carbocycles. The first kappa shape index (κ1) is 14.4. The summed E-state index contributed by atoms with van der Waals surface area (Å²) in [5, 5.41) is 0.568. The summed E-state index contributed by atoms with van der Waals surface area (Å²) in [5.74, 6) is 2.55. The standard InChI is InChI=1S/C14H17BClNO2/c1-6-7-11-10(16)8-9-12(17-11)15-18-13(2,3)14(4,5)19-15/h1,8-9H,7H2,2-5H3. The van der Waals surface area contributed by atoms with Crippen molar-refractivity contribution in [1.29, 1.82) is 0 Å². The lowest BCUT2D eigenvalue weighted by Gasteiger charge is -2.32. The van der Waals surface area contributed by atoms with Crippen LogP contribution in [0.1, 0.15) is 33.4 Å². The quantitative estimate of drug-likeness (QED) is 0.613. The highest BCUT2D eigenvalue weighted by Gasteiger charge is 2.52. The van der Waals surface area contributed by atoms with Crippen LogP contribution in [-0.2, 0) is 15.7 Å². The van der Waals surface area contributed by atoms with E-state index in [9.17, 15) is 0 Å². The molecule has 0 bridgehead atoms. The smallest absolute Gasteiger partial charge is 0.398 e. The lowest BCUT2D eigenvalue weighted by Crippen LogP contribution is -2.41. The molecule has 2 rings (SSSR count). The minimum Gasteiger partial charge on any atom is -0.398 e. The molecule has 0 spiro atoms. The van der Waals surface area contributed by atoms with Gasteiger partial charge in [0.15, 0.2) is 0 Å². The fourth-order valence-corrected chi connectivity index (χ4v) is 1.99. The van der Waals surface area contributed by atoms with Gasteiger partial charge in [-0.15, -0.1) is 12.3 Å². The molecular formula is C14H17BClNO2. The highest BCUT2D eigenvalue weighted by atomic mass is 35.5. The molecule has 1 fully saturated rings. The molecule has 3 nitrogen and oxygen atoms in total. The summed E-state index contributed by atoms with van der Waals surface area (Å²) in [5.41, 5.74) is 0.612. The fourth-order valence-electron chi connectivity index (χ4n) is 1.82. The Morgan fingerprint density at radius 2 is 1.84 bits per heavy atom. The van der Waals surface area contributed by atoms with Crippen LogP contribution in [0.15, 0.2) is 12.1 Å². The molecule has 0 atom stereocenters. The number of terminal acetylenes is 1.